The number of benzene rings is 2. The normalized spacial score (nSPS) is 14.7. The van der Waals surface area contributed by atoms with Gasteiger partial charge in [-0.1, -0.05) is 24.3 Å². The Morgan fingerprint density at radius 2 is 1.94 bits per heavy atom. The lowest BCUT2D eigenvalue weighted by Gasteiger charge is -2.16. The van der Waals surface area contributed by atoms with E-state index in [2.05, 4.69) is 10.6 Å². The van der Waals surface area contributed by atoms with Crippen molar-refractivity contribution < 1.29 is 23.9 Å². The number of carbonyl (C=O) groups is 3. The molecule has 0 unspecified atom stereocenters. The second-order valence-corrected chi connectivity index (χ2v) is 7.34. The van der Waals surface area contributed by atoms with E-state index in [1.807, 2.05) is 32.9 Å². The number of hydrogen-bond donors (Lipinski definition) is 2. The van der Waals surface area contributed by atoms with Gasteiger partial charge in [-0.05, 0) is 50.6 Å². The molecule has 0 saturated carbocycles. The molecule has 0 bridgehead atoms. The van der Waals surface area contributed by atoms with Gasteiger partial charge in [0.25, 0.3) is 5.91 Å². The summed E-state index contributed by atoms with van der Waals surface area (Å²) in [5.74, 6) is -0.0948. The summed E-state index contributed by atoms with van der Waals surface area (Å²) in [6, 6.07) is 11.8. The molecule has 0 aromatic heterocycles. The molecule has 0 atom stereocenters. The molecule has 1 heterocycles. The van der Waals surface area contributed by atoms with Crippen LogP contribution in [-0.4, -0.2) is 42.5 Å². The molecule has 3 rings (SSSR count). The molecule has 4 amide bonds. The van der Waals surface area contributed by atoms with Crippen LogP contribution in [0.2, 0.25) is 0 Å². The van der Waals surface area contributed by atoms with E-state index in [-0.39, 0.29) is 11.8 Å². The molecule has 8 nitrogen and oxygen atoms in total. The van der Waals surface area contributed by atoms with Gasteiger partial charge in [0, 0.05) is 11.3 Å². The molecule has 1 saturated heterocycles. The van der Waals surface area contributed by atoms with E-state index in [0.717, 1.165) is 10.5 Å². The summed E-state index contributed by atoms with van der Waals surface area (Å²) in [6.07, 6.45) is 1.39. The van der Waals surface area contributed by atoms with Gasteiger partial charge in [-0.15, -0.1) is 0 Å². The Morgan fingerprint density at radius 1 is 1.19 bits per heavy atom. The van der Waals surface area contributed by atoms with Gasteiger partial charge < -0.3 is 20.1 Å². The summed E-state index contributed by atoms with van der Waals surface area (Å²) in [5.41, 5.74) is 2.20. The number of para-hydroxylation sites is 1. The first-order valence-electron chi connectivity index (χ1n) is 9.83. The number of hydrogen-bond acceptors (Lipinski definition) is 5. The lowest BCUT2D eigenvalue weighted by Crippen LogP contribution is -2.38. The third-order valence-electron chi connectivity index (χ3n) is 4.45. The highest BCUT2D eigenvalue weighted by Gasteiger charge is 2.35. The minimum atomic E-state index is -0.662. The van der Waals surface area contributed by atoms with Crippen molar-refractivity contribution in [2.75, 3.05) is 19.0 Å². The number of aryl methyl sites for hydroxylation is 1. The number of methoxy groups -OCH3 is 1. The number of rotatable bonds is 7. The van der Waals surface area contributed by atoms with E-state index < -0.39 is 24.4 Å². The minimum Gasteiger partial charge on any atom is -0.493 e. The van der Waals surface area contributed by atoms with Crippen molar-refractivity contribution >= 4 is 29.6 Å². The molecule has 1 aliphatic heterocycles. The van der Waals surface area contributed by atoms with Crippen molar-refractivity contribution in [1.82, 2.24) is 10.2 Å². The number of amides is 4. The third-order valence-corrected chi connectivity index (χ3v) is 4.45. The first-order chi connectivity index (χ1) is 14.8. The van der Waals surface area contributed by atoms with Gasteiger partial charge in [0.2, 0.25) is 5.91 Å². The molecular formula is C23H25N3O5. The first-order valence-corrected chi connectivity index (χ1v) is 9.83. The van der Waals surface area contributed by atoms with E-state index in [1.165, 1.54) is 13.2 Å². The molecule has 31 heavy (non-hydrogen) atoms. The fourth-order valence-electron chi connectivity index (χ4n) is 3.11. The number of urea groups is 1. The molecule has 2 aromatic rings. The first kappa shape index (κ1) is 21.9. The van der Waals surface area contributed by atoms with Gasteiger partial charge in [0.15, 0.2) is 11.5 Å². The van der Waals surface area contributed by atoms with Crippen molar-refractivity contribution in [1.29, 1.82) is 0 Å². The number of carbonyl (C=O) groups excluding carboxylic acids is 3. The molecule has 162 valence electrons. The SMILES string of the molecule is COc1cccc(C=C2NC(=O)N(CC(=O)Nc3cccc(C)c3)C2=O)c1OC(C)C. The van der Waals surface area contributed by atoms with Crippen LogP contribution in [0.5, 0.6) is 11.5 Å². The molecule has 0 aliphatic carbocycles. The number of nitrogens with one attached hydrogen (secondary N) is 2. The highest BCUT2D eigenvalue weighted by atomic mass is 16.5. The standard InChI is InChI=1S/C23H25N3O5/c1-14(2)31-21-16(8-6-10-19(21)30-4)12-18-22(28)26(23(29)25-18)13-20(27)24-17-9-5-7-15(3)11-17/h5-12,14H,13H2,1-4H3,(H,24,27)(H,25,29). The van der Waals surface area contributed by atoms with Crippen LogP contribution in [0.15, 0.2) is 48.2 Å². The lowest BCUT2D eigenvalue weighted by atomic mass is 10.1. The Bertz CT molecular complexity index is 1050. The fourth-order valence-corrected chi connectivity index (χ4v) is 3.11. The van der Waals surface area contributed by atoms with Crippen LogP contribution in [0.1, 0.15) is 25.0 Å². The van der Waals surface area contributed by atoms with E-state index >= 15 is 0 Å². The van der Waals surface area contributed by atoms with Crippen molar-refractivity contribution in [3.63, 3.8) is 0 Å². The van der Waals surface area contributed by atoms with Crippen LogP contribution in [-0.2, 0) is 9.59 Å². The number of anilines is 1. The van der Waals surface area contributed by atoms with Gasteiger partial charge in [-0.2, -0.15) is 0 Å². The highest BCUT2D eigenvalue weighted by Crippen LogP contribution is 2.33. The largest absolute Gasteiger partial charge is 0.493 e. The Balaban J connectivity index is 1.78. The smallest absolute Gasteiger partial charge is 0.329 e. The quantitative estimate of drug-likeness (QED) is 0.526. The topological polar surface area (TPSA) is 97.0 Å². The summed E-state index contributed by atoms with van der Waals surface area (Å²) >= 11 is 0. The van der Waals surface area contributed by atoms with Gasteiger partial charge in [-0.25, -0.2) is 9.69 Å². The molecule has 0 spiro atoms. The summed E-state index contributed by atoms with van der Waals surface area (Å²) in [4.78, 5) is 38.3. The lowest BCUT2D eigenvalue weighted by molar-refractivity contribution is -0.127. The van der Waals surface area contributed by atoms with Gasteiger partial charge in [0.05, 0.1) is 13.2 Å². The van der Waals surface area contributed by atoms with Crippen LogP contribution in [0.25, 0.3) is 6.08 Å². The molecule has 1 aliphatic rings. The second kappa shape index (κ2) is 9.34. The average Bonchev–Trinajstić information content (AvgIpc) is 2.96. The molecular weight excluding hydrogens is 398 g/mol. The van der Waals surface area contributed by atoms with Gasteiger partial charge in [0.1, 0.15) is 12.2 Å². The van der Waals surface area contributed by atoms with Crippen LogP contribution in [0.3, 0.4) is 0 Å². The number of ether oxygens (including phenoxy) is 2. The molecule has 1 fully saturated rings. The van der Waals surface area contributed by atoms with Crippen molar-refractivity contribution in [2.24, 2.45) is 0 Å². The number of nitrogens with zero attached hydrogens (tertiary/aromatic N) is 1. The van der Waals surface area contributed by atoms with Crippen LogP contribution in [0.4, 0.5) is 10.5 Å². The maximum absolute atomic E-state index is 12.8. The van der Waals surface area contributed by atoms with E-state index in [9.17, 15) is 14.4 Å². The Kier molecular flexibility index (Phi) is 6.59. The van der Waals surface area contributed by atoms with Crippen LogP contribution in [0, 0.1) is 6.92 Å². The Labute approximate surface area is 180 Å². The molecule has 0 radical (unpaired) electrons. The maximum atomic E-state index is 12.8. The summed E-state index contributed by atoms with van der Waals surface area (Å²) in [5, 5.41) is 5.21. The van der Waals surface area contributed by atoms with Crippen molar-refractivity contribution in [3.8, 4) is 11.5 Å². The zero-order chi connectivity index (χ0) is 22.5. The van der Waals surface area contributed by atoms with E-state index in [1.54, 1.807) is 30.3 Å². The van der Waals surface area contributed by atoms with Gasteiger partial charge >= 0.3 is 6.03 Å². The maximum Gasteiger partial charge on any atom is 0.329 e. The Morgan fingerprint density at radius 3 is 2.61 bits per heavy atom. The monoisotopic (exact) mass is 423 g/mol. The highest BCUT2D eigenvalue weighted by molar-refractivity contribution is 6.16. The van der Waals surface area contributed by atoms with Crippen LogP contribution < -0.4 is 20.1 Å². The zero-order valence-electron chi connectivity index (χ0n) is 17.9. The van der Waals surface area contributed by atoms with E-state index in [4.69, 9.17) is 9.47 Å². The summed E-state index contributed by atoms with van der Waals surface area (Å²) < 4.78 is 11.2. The summed E-state index contributed by atoms with van der Waals surface area (Å²) in [7, 11) is 1.52. The van der Waals surface area contributed by atoms with Crippen molar-refractivity contribution in [3.05, 3.63) is 59.3 Å². The zero-order valence-corrected chi connectivity index (χ0v) is 17.9. The molecule has 2 aromatic carbocycles. The predicted octanol–water partition coefficient (Wildman–Crippen LogP) is 3.32. The molecule has 2 N–H and O–H groups in total. The minimum absolute atomic E-state index is 0.0511. The van der Waals surface area contributed by atoms with Gasteiger partial charge in [-0.3, -0.25) is 9.59 Å². The fraction of sp³-hybridized carbons (Fsp3) is 0.261. The van der Waals surface area contributed by atoms with E-state index in [0.29, 0.717) is 22.7 Å². The summed E-state index contributed by atoms with van der Waals surface area (Å²) in [6.45, 7) is 5.25. The second-order valence-electron chi connectivity index (χ2n) is 7.34. The third kappa shape index (κ3) is 5.22. The number of imide groups is 1. The van der Waals surface area contributed by atoms with Crippen LogP contribution >= 0.6 is 0 Å². The predicted molar refractivity (Wildman–Crippen MR) is 117 cm³/mol. The molecule has 8 heteroatoms. The average molecular weight is 423 g/mol. The Hall–Kier alpha value is -3.81. The van der Waals surface area contributed by atoms with Crippen molar-refractivity contribution in [2.45, 2.75) is 26.9 Å².